The molecule has 1 N–H and O–H groups in total. The zero-order valence-electron chi connectivity index (χ0n) is 9.00. The number of hydrogen-bond donors (Lipinski definition) is 1. The van der Waals surface area contributed by atoms with E-state index in [0.717, 1.165) is 11.4 Å². The van der Waals surface area contributed by atoms with E-state index < -0.39 is 5.60 Å². The zero-order chi connectivity index (χ0) is 10.2. The van der Waals surface area contributed by atoms with Crippen LogP contribution in [0, 0.1) is 0 Å². The Bertz CT molecular complexity index is 294. The van der Waals surface area contributed by atoms with Gasteiger partial charge in [0.25, 0.3) is 0 Å². The maximum Gasteiger partial charge on any atom is 0.101 e. The van der Waals surface area contributed by atoms with Gasteiger partial charge in [0.15, 0.2) is 0 Å². The molecule has 13 heavy (non-hydrogen) atoms. The van der Waals surface area contributed by atoms with E-state index in [1.807, 2.05) is 13.1 Å². The molecule has 1 heterocycles. The van der Waals surface area contributed by atoms with Gasteiger partial charge in [-0.3, -0.25) is 4.68 Å². The first-order chi connectivity index (χ1) is 5.82. The molecule has 0 radical (unpaired) electrons. The van der Waals surface area contributed by atoms with Crippen LogP contribution in [-0.2, 0) is 12.6 Å². The van der Waals surface area contributed by atoms with Crippen LogP contribution in [0.1, 0.15) is 45.0 Å². The Morgan fingerprint density at radius 2 is 2.00 bits per heavy atom. The highest BCUT2D eigenvalue weighted by molar-refractivity contribution is 5.17. The highest BCUT2D eigenvalue weighted by Gasteiger charge is 2.21. The lowest BCUT2D eigenvalue weighted by Crippen LogP contribution is -2.19. The summed E-state index contributed by atoms with van der Waals surface area (Å²) < 4.78 is 1.75. The fourth-order valence-electron chi connectivity index (χ4n) is 1.34. The van der Waals surface area contributed by atoms with Crippen molar-refractivity contribution in [2.45, 2.75) is 39.2 Å². The minimum atomic E-state index is -0.811. The molecule has 0 aliphatic heterocycles. The number of rotatable bonds is 2. The summed E-state index contributed by atoms with van der Waals surface area (Å²) in [6.07, 6.45) is 0. The minimum Gasteiger partial charge on any atom is -0.384 e. The van der Waals surface area contributed by atoms with Gasteiger partial charge in [-0.1, -0.05) is 13.8 Å². The molecule has 1 aromatic heterocycles. The van der Waals surface area contributed by atoms with Crippen LogP contribution in [0.3, 0.4) is 0 Å². The molecule has 0 amide bonds. The third-order valence-electron chi connectivity index (χ3n) is 2.12. The molecule has 0 fully saturated rings. The van der Waals surface area contributed by atoms with Gasteiger partial charge in [-0.05, 0) is 25.8 Å². The lowest BCUT2D eigenvalue weighted by atomic mass is 10.0. The maximum absolute atomic E-state index is 9.80. The smallest absolute Gasteiger partial charge is 0.101 e. The maximum atomic E-state index is 9.80. The zero-order valence-corrected chi connectivity index (χ0v) is 9.00. The molecule has 0 aliphatic rings. The van der Waals surface area contributed by atoms with E-state index >= 15 is 0 Å². The molecule has 3 nitrogen and oxygen atoms in total. The fourth-order valence-corrected chi connectivity index (χ4v) is 1.34. The third kappa shape index (κ3) is 2.10. The van der Waals surface area contributed by atoms with Gasteiger partial charge in [0.2, 0.25) is 0 Å². The Hall–Kier alpha value is -0.830. The van der Waals surface area contributed by atoms with Crippen LogP contribution < -0.4 is 0 Å². The average molecular weight is 182 g/mol. The van der Waals surface area contributed by atoms with Gasteiger partial charge >= 0.3 is 0 Å². The van der Waals surface area contributed by atoms with Gasteiger partial charge in [0.1, 0.15) is 5.60 Å². The van der Waals surface area contributed by atoms with Crippen molar-refractivity contribution in [2.75, 3.05) is 0 Å². The first-order valence-corrected chi connectivity index (χ1v) is 4.59. The van der Waals surface area contributed by atoms with Crippen LogP contribution in [0.15, 0.2) is 6.07 Å². The Morgan fingerprint density at radius 1 is 1.46 bits per heavy atom. The lowest BCUT2D eigenvalue weighted by molar-refractivity contribution is 0.0696. The molecule has 0 saturated heterocycles. The monoisotopic (exact) mass is 182 g/mol. The SMILES string of the molecule is CC(C)c1cc(C(C)(C)O)n(C)n1. The van der Waals surface area contributed by atoms with E-state index in [4.69, 9.17) is 0 Å². The van der Waals surface area contributed by atoms with Crippen molar-refractivity contribution in [3.05, 3.63) is 17.5 Å². The normalized spacial score (nSPS) is 12.5. The molecule has 0 spiro atoms. The van der Waals surface area contributed by atoms with Crippen LogP contribution in [0.25, 0.3) is 0 Å². The molecule has 1 rings (SSSR count). The molecule has 0 unspecified atom stereocenters. The summed E-state index contributed by atoms with van der Waals surface area (Å²) in [7, 11) is 1.86. The quantitative estimate of drug-likeness (QED) is 0.757. The van der Waals surface area contributed by atoms with Gasteiger partial charge < -0.3 is 5.11 Å². The van der Waals surface area contributed by atoms with E-state index in [0.29, 0.717) is 5.92 Å². The lowest BCUT2D eigenvalue weighted by Gasteiger charge is -2.16. The molecule has 0 atom stereocenters. The summed E-state index contributed by atoms with van der Waals surface area (Å²) in [4.78, 5) is 0. The molecule has 0 bridgehead atoms. The van der Waals surface area contributed by atoms with Crippen molar-refractivity contribution in [2.24, 2.45) is 7.05 Å². The Morgan fingerprint density at radius 3 is 2.23 bits per heavy atom. The van der Waals surface area contributed by atoms with Crippen LogP contribution in [0.4, 0.5) is 0 Å². The van der Waals surface area contributed by atoms with Crippen molar-refractivity contribution < 1.29 is 5.11 Å². The predicted octanol–water partition coefficient (Wildman–Crippen LogP) is 1.77. The Kier molecular flexibility index (Phi) is 2.48. The van der Waals surface area contributed by atoms with Crippen LogP contribution in [0.5, 0.6) is 0 Å². The van der Waals surface area contributed by atoms with Gasteiger partial charge in [-0.25, -0.2) is 0 Å². The van der Waals surface area contributed by atoms with Gasteiger partial charge in [-0.15, -0.1) is 0 Å². The second-order valence-corrected chi connectivity index (χ2v) is 4.29. The van der Waals surface area contributed by atoms with E-state index in [1.54, 1.807) is 18.5 Å². The average Bonchev–Trinajstić information content (AvgIpc) is 2.29. The molecule has 0 aromatic carbocycles. The van der Waals surface area contributed by atoms with E-state index in [2.05, 4.69) is 18.9 Å². The highest BCUT2D eigenvalue weighted by Crippen LogP contribution is 2.22. The second-order valence-electron chi connectivity index (χ2n) is 4.29. The first kappa shape index (κ1) is 10.3. The van der Waals surface area contributed by atoms with E-state index in [-0.39, 0.29) is 0 Å². The molecule has 0 saturated carbocycles. The van der Waals surface area contributed by atoms with Crippen molar-refractivity contribution in [3.8, 4) is 0 Å². The standard InChI is InChI=1S/C10H18N2O/c1-7(2)8-6-9(10(3,4)13)12(5)11-8/h6-7,13H,1-5H3. The topological polar surface area (TPSA) is 38.0 Å². The van der Waals surface area contributed by atoms with Crippen molar-refractivity contribution in [1.29, 1.82) is 0 Å². The summed E-state index contributed by atoms with van der Waals surface area (Å²) in [5.74, 6) is 0.405. The number of aliphatic hydroxyl groups is 1. The second kappa shape index (κ2) is 3.14. The molecular formula is C10H18N2O. The summed E-state index contributed by atoms with van der Waals surface area (Å²) in [5.41, 5.74) is 1.07. The van der Waals surface area contributed by atoms with E-state index in [9.17, 15) is 5.11 Å². The van der Waals surface area contributed by atoms with E-state index in [1.165, 1.54) is 0 Å². The molecule has 74 valence electrons. The Balaban J connectivity index is 3.11. The molecular weight excluding hydrogens is 164 g/mol. The van der Waals surface area contributed by atoms with Gasteiger partial charge in [0.05, 0.1) is 11.4 Å². The largest absolute Gasteiger partial charge is 0.384 e. The number of aromatic nitrogens is 2. The highest BCUT2D eigenvalue weighted by atomic mass is 16.3. The first-order valence-electron chi connectivity index (χ1n) is 4.59. The number of aryl methyl sites for hydroxylation is 1. The van der Waals surface area contributed by atoms with Crippen LogP contribution in [0.2, 0.25) is 0 Å². The Labute approximate surface area is 79.4 Å². The van der Waals surface area contributed by atoms with Gasteiger partial charge in [0, 0.05) is 7.05 Å². The summed E-state index contributed by atoms with van der Waals surface area (Å²) in [5, 5.41) is 14.1. The third-order valence-corrected chi connectivity index (χ3v) is 2.12. The number of hydrogen-bond acceptors (Lipinski definition) is 2. The van der Waals surface area contributed by atoms with Crippen LogP contribution in [-0.4, -0.2) is 14.9 Å². The van der Waals surface area contributed by atoms with Crippen molar-refractivity contribution in [1.82, 2.24) is 9.78 Å². The molecule has 3 heteroatoms. The number of nitrogens with zero attached hydrogens (tertiary/aromatic N) is 2. The van der Waals surface area contributed by atoms with Crippen LogP contribution >= 0.6 is 0 Å². The predicted molar refractivity (Wildman–Crippen MR) is 52.5 cm³/mol. The molecule has 0 aliphatic carbocycles. The molecule has 1 aromatic rings. The minimum absolute atomic E-state index is 0.405. The summed E-state index contributed by atoms with van der Waals surface area (Å²) >= 11 is 0. The van der Waals surface area contributed by atoms with Crippen molar-refractivity contribution in [3.63, 3.8) is 0 Å². The van der Waals surface area contributed by atoms with Crippen molar-refractivity contribution >= 4 is 0 Å². The summed E-state index contributed by atoms with van der Waals surface area (Å²) in [6, 6.07) is 1.96. The fraction of sp³-hybridized carbons (Fsp3) is 0.700. The van der Waals surface area contributed by atoms with Gasteiger partial charge in [-0.2, -0.15) is 5.10 Å². The summed E-state index contributed by atoms with van der Waals surface area (Å²) in [6.45, 7) is 7.73.